The molecule has 4 heterocycles. The Balaban J connectivity index is 1.46. The van der Waals surface area contributed by atoms with Crippen molar-refractivity contribution >= 4 is 22.3 Å². The average Bonchev–Trinajstić information content (AvgIpc) is 3.31. The van der Waals surface area contributed by atoms with E-state index in [4.69, 9.17) is 4.98 Å². The predicted molar refractivity (Wildman–Crippen MR) is 95.2 cm³/mol. The first-order valence-corrected chi connectivity index (χ1v) is 9.02. The minimum Gasteiger partial charge on any atom is -0.316 e. The topological polar surface area (TPSA) is 58.9 Å². The fraction of sp³-hybridized carbons (Fsp3) is 0.353. The number of aromatic nitrogens is 4. The highest BCUT2D eigenvalue weighted by Gasteiger charge is 2.28. The fourth-order valence-corrected chi connectivity index (χ4v) is 3.91. The normalized spacial score (nSPS) is 18.1. The standard InChI is InChI=1S/C17H20N6S/c1-22-10-7-13(21-22)11-23-9-4-5-15(23)14-12-24-17(19-14)20-16-6-2-3-8-18-16/h2-3,6-8,10,12,15H,4-5,9,11H2,1H3,(H,18,19,20). The van der Waals surface area contributed by atoms with Crippen LogP contribution in [-0.4, -0.2) is 31.2 Å². The van der Waals surface area contributed by atoms with Crippen LogP contribution in [0, 0.1) is 0 Å². The SMILES string of the molecule is Cn1ccc(CN2CCCC2c2csc(Nc3ccccn3)n2)n1. The summed E-state index contributed by atoms with van der Waals surface area (Å²) in [6.07, 6.45) is 6.14. The van der Waals surface area contributed by atoms with Crippen LogP contribution in [-0.2, 0) is 13.6 Å². The number of thiazole rings is 1. The summed E-state index contributed by atoms with van der Waals surface area (Å²) in [7, 11) is 1.96. The van der Waals surface area contributed by atoms with Crippen molar-refractivity contribution < 1.29 is 0 Å². The molecule has 1 aliphatic rings. The maximum Gasteiger partial charge on any atom is 0.188 e. The van der Waals surface area contributed by atoms with E-state index in [2.05, 4.69) is 31.7 Å². The van der Waals surface area contributed by atoms with Gasteiger partial charge in [-0.3, -0.25) is 9.58 Å². The Hall–Kier alpha value is -2.25. The van der Waals surface area contributed by atoms with Crippen molar-refractivity contribution in [2.75, 3.05) is 11.9 Å². The lowest BCUT2D eigenvalue weighted by molar-refractivity contribution is 0.241. The lowest BCUT2D eigenvalue weighted by Gasteiger charge is -2.21. The molecule has 1 saturated heterocycles. The van der Waals surface area contributed by atoms with Gasteiger partial charge in [0.2, 0.25) is 0 Å². The number of pyridine rings is 1. The van der Waals surface area contributed by atoms with Crippen LogP contribution in [0.1, 0.15) is 30.3 Å². The molecule has 124 valence electrons. The Morgan fingerprint density at radius 3 is 3.08 bits per heavy atom. The first kappa shape index (κ1) is 15.3. The van der Waals surface area contributed by atoms with E-state index >= 15 is 0 Å². The highest BCUT2D eigenvalue weighted by Crippen LogP contribution is 2.34. The van der Waals surface area contributed by atoms with E-state index < -0.39 is 0 Å². The zero-order valence-corrected chi connectivity index (χ0v) is 14.4. The third-order valence-corrected chi connectivity index (χ3v) is 5.04. The van der Waals surface area contributed by atoms with Gasteiger partial charge in [-0.25, -0.2) is 9.97 Å². The second-order valence-electron chi connectivity index (χ2n) is 6.03. The molecule has 1 unspecified atom stereocenters. The van der Waals surface area contributed by atoms with Crippen molar-refractivity contribution in [3.05, 3.63) is 53.4 Å². The molecule has 1 atom stereocenters. The summed E-state index contributed by atoms with van der Waals surface area (Å²) in [6.45, 7) is 1.98. The minimum absolute atomic E-state index is 0.377. The molecule has 0 spiro atoms. The molecule has 0 radical (unpaired) electrons. The van der Waals surface area contributed by atoms with E-state index in [1.54, 1.807) is 17.5 Å². The van der Waals surface area contributed by atoms with E-state index in [-0.39, 0.29) is 0 Å². The Morgan fingerprint density at radius 1 is 1.33 bits per heavy atom. The van der Waals surface area contributed by atoms with Crippen LogP contribution in [0.15, 0.2) is 42.0 Å². The second-order valence-corrected chi connectivity index (χ2v) is 6.88. The largest absolute Gasteiger partial charge is 0.316 e. The molecule has 0 bridgehead atoms. The third kappa shape index (κ3) is 3.32. The van der Waals surface area contributed by atoms with Gasteiger partial charge in [-0.2, -0.15) is 5.10 Å². The highest BCUT2D eigenvalue weighted by molar-refractivity contribution is 7.13. The lowest BCUT2D eigenvalue weighted by Crippen LogP contribution is -2.23. The molecule has 1 aliphatic heterocycles. The van der Waals surface area contributed by atoms with Crippen molar-refractivity contribution in [2.45, 2.75) is 25.4 Å². The first-order valence-electron chi connectivity index (χ1n) is 8.14. The van der Waals surface area contributed by atoms with E-state index in [0.717, 1.165) is 41.8 Å². The first-order chi connectivity index (χ1) is 11.8. The third-order valence-electron chi connectivity index (χ3n) is 4.26. The Kier molecular flexibility index (Phi) is 4.27. The number of hydrogen-bond donors (Lipinski definition) is 1. The van der Waals surface area contributed by atoms with Crippen LogP contribution in [0.25, 0.3) is 0 Å². The molecule has 6 nitrogen and oxygen atoms in total. The molecule has 0 aromatic carbocycles. The van der Waals surface area contributed by atoms with Crippen LogP contribution in [0.5, 0.6) is 0 Å². The minimum atomic E-state index is 0.377. The van der Waals surface area contributed by atoms with Gasteiger partial charge < -0.3 is 5.32 Å². The molecular weight excluding hydrogens is 320 g/mol. The van der Waals surface area contributed by atoms with Crippen molar-refractivity contribution in [2.24, 2.45) is 7.05 Å². The molecule has 3 aromatic heterocycles. The van der Waals surface area contributed by atoms with Crippen molar-refractivity contribution in [1.82, 2.24) is 24.6 Å². The Morgan fingerprint density at radius 2 is 2.29 bits per heavy atom. The number of rotatable bonds is 5. The van der Waals surface area contributed by atoms with Gasteiger partial charge in [0.25, 0.3) is 0 Å². The Bertz CT molecular complexity index is 796. The lowest BCUT2D eigenvalue weighted by atomic mass is 10.1. The van der Waals surface area contributed by atoms with Crippen molar-refractivity contribution in [3.63, 3.8) is 0 Å². The van der Waals surface area contributed by atoms with Gasteiger partial charge in [0.1, 0.15) is 5.82 Å². The molecule has 7 heteroatoms. The van der Waals surface area contributed by atoms with Crippen LogP contribution in [0.4, 0.5) is 10.9 Å². The number of nitrogens with one attached hydrogen (secondary N) is 1. The Labute approximate surface area is 145 Å². The molecule has 1 fully saturated rings. The smallest absolute Gasteiger partial charge is 0.188 e. The zero-order valence-electron chi connectivity index (χ0n) is 13.6. The maximum absolute atomic E-state index is 4.78. The summed E-state index contributed by atoms with van der Waals surface area (Å²) < 4.78 is 1.86. The monoisotopic (exact) mass is 340 g/mol. The molecule has 0 amide bonds. The molecule has 24 heavy (non-hydrogen) atoms. The van der Waals surface area contributed by atoms with E-state index in [0.29, 0.717) is 6.04 Å². The van der Waals surface area contributed by atoms with E-state index in [9.17, 15) is 0 Å². The number of anilines is 2. The van der Waals surface area contributed by atoms with Crippen molar-refractivity contribution in [1.29, 1.82) is 0 Å². The number of likely N-dealkylation sites (tertiary alicyclic amines) is 1. The molecule has 3 aromatic rings. The summed E-state index contributed by atoms with van der Waals surface area (Å²) in [6, 6.07) is 8.29. The number of hydrogen-bond acceptors (Lipinski definition) is 6. The highest BCUT2D eigenvalue weighted by atomic mass is 32.1. The summed E-state index contributed by atoms with van der Waals surface area (Å²) >= 11 is 1.64. The summed E-state index contributed by atoms with van der Waals surface area (Å²) in [4.78, 5) is 11.5. The summed E-state index contributed by atoms with van der Waals surface area (Å²) in [5.74, 6) is 0.829. The zero-order chi connectivity index (χ0) is 16.4. The molecule has 1 N–H and O–H groups in total. The van der Waals surface area contributed by atoms with Gasteiger partial charge in [-0.1, -0.05) is 6.07 Å². The predicted octanol–water partition coefficient (Wildman–Crippen LogP) is 3.35. The quantitative estimate of drug-likeness (QED) is 0.772. The summed E-state index contributed by atoms with van der Waals surface area (Å²) in [5.41, 5.74) is 2.26. The van der Waals surface area contributed by atoms with Gasteiger partial charge in [0.15, 0.2) is 5.13 Å². The average molecular weight is 340 g/mol. The maximum atomic E-state index is 4.78. The van der Waals surface area contributed by atoms with Crippen LogP contribution in [0.2, 0.25) is 0 Å². The summed E-state index contributed by atoms with van der Waals surface area (Å²) in [5, 5.41) is 10.8. The molecule has 0 saturated carbocycles. The van der Waals surface area contributed by atoms with Gasteiger partial charge in [-0.05, 0) is 37.6 Å². The van der Waals surface area contributed by atoms with E-state index in [1.165, 1.54) is 6.42 Å². The van der Waals surface area contributed by atoms with Gasteiger partial charge in [0, 0.05) is 31.4 Å². The van der Waals surface area contributed by atoms with Crippen LogP contribution >= 0.6 is 11.3 Å². The second kappa shape index (κ2) is 6.70. The van der Waals surface area contributed by atoms with Crippen LogP contribution < -0.4 is 5.32 Å². The molecule has 0 aliphatic carbocycles. The molecule has 4 rings (SSSR count). The van der Waals surface area contributed by atoms with Gasteiger partial charge in [0.05, 0.1) is 17.4 Å². The fourth-order valence-electron chi connectivity index (χ4n) is 3.15. The van der Waals surface area contributed by atoms with Gasteiger partial charge in [-0.15, -0.1) is 11.3 Å². The number of nitrogens with zero attached hydrogens (tertiary/aromatic N) is 5. The van der Waals surface area contributed by atoms with Crippen LogP contribution in [0.3, 0.4) is 0 Å². The molecular formula is C17H20N6S. The van der Waals surface area contributed by atoms with E-state index in [1.807, 2.05) is 36.1 Å². The number of aryl methyl sites for hydroxylation is 1. The van der Waals surface area contributed by atoms with Crippen molar-refractivity contribution in [3.8, 4) is 0 Å². The van der Waals surface area contributed by atoms with Gasteiger partial charge >= 0.3 is 0 Å².